The van der Waals surface area contributed by atoms with Crippen molar-refractivity contribution in [3.8, 4) is 22.6 Å². The summed E-state index contributed by atoms with van der Waals surface area (Å²) in [5, 5.41) is 7.21. The third-order valence-corrected chi connectivity index (χ3v) is 6.11. The highest BCUT2D eigenvalue weighted by atomic mass is 35.5. The van der Waals surface area contributed by atoms with Crippen LogP contribution in [0, 0.1) is 0 Å². The third-order valence-electron chi connectivity index (χ3n) is 5.82. The number of carbonyl (C=O) groups is 1. The van der Waals surface area contributed by atoms with Gasteiger partial charge in [0.15, 0.2) is 0 Å². The highest BCUT2D eigenvalue weighted by Gasteiger charge is 2.38. The largest absolute Gasteiger partial charge is 0.455 e. The summed E-state index contributed by atoms with van der Waals surface area (Å²) >= 11 is 6.53. The summed E-state index contributed by atoms with van der Waals surface area (Å²) in [5.74, 6) is 1.06. The molecule has 0 aliphatic carbocycles. The van der Waals surface area contributed by atoms with Crippen molar-refractivity contribution in [3.63, 3.8) is 0 Å². The zero-order valence-electron chi connectivity index (χ0n) is 19.5. The fourth-order valence-corrected chi connectivity index (χ4v) is 5.08. The second kappa shape index (κ2) is 9.16. The minimum atomic E-state index is -0.126. The number of hydrogen-bond donors (Lipinski definition) is 2. The van der Waals surface area contributed by atoms with E-state index in [-0.39, 0.29) is 23.0 Å². The van der Waals surface area contributed by atoms with Crippen molar-refractivity contribution in [2.75, 3.05) is 0 Å². The molecule has 1 aromatic heterocycles. The third kappa shape index (κ3) is 5.73. The summed E-state index contributed by atoms with van der Waals surface area (Å²) in [6.45, 7) is 8.67. The average molecular weight is 464 g/mol. The molecule has 0 atom stereocenters. The number of aromatic nitrogens is 1. The van der Waals surface area contributed by atoms with Crippen LogP contribution in [0.5, 0.6) is 11.5 Å². The molecule has 3 aromatic rings. The summed E-state index contributed by atoms with van der Waals surface area (Å²) < 4.78 is 6.14. The smallest absolute Gasteiger partial charge is 0.251 e. The SMILES string of the molecule is CC1(C)CC(NC(=O)c2ccc(Oc3ccccc3-c3ccncc3)c(Cl)c2)CC(C)(C)N1. The summed E-state index contributed by atoms with van der Waals surface area (Å²) in [7, 11) is 0. The van der Waals surface area contributed by atoms with Gasteiger partial charge in [0.1, 0.15) is 11.5 Å². The molecule has 2 heterocycles. The van der Waals surface area contributed by atoms with E-state index >= 15 is 0 Å². The predicted molar refractivity (Wildman–Crippen MR) is 133 cm³/mol. The molecule has 6 heteroatoms. The first-order valence-corrected chi connectivity index (χ1v) is 11.6. The van der Waals surface area contributed by atoms with E-state index in [9.17, 15) is 4.79 Å². The molecule has 1 saturated heterocycles. The predicted octanol–water partition coefficient (Wildman–Crippen LogP) is 6.23. The molecular weight excluding hydrogens is 434 g/mol. The van der Waals surface area contributed by atoms with Gasteiger partial charge in [-0.15, -0.1) is 0 Å². The van der Waals surface area contributed by atoms with Crippen LogP contribution in [0.25, 0.3) is 11.1 Å². The van der Waals surface area contributed by atoms with Crippen molar-refractivity contribution in [2.24, 2.45) is 0 Å². The van der Waals surface area contributed by atoms with Crippen LogP contribution >= 0.6 is 11.6 Å². The van der Waals surface area contributed by atoms with Crippen LogP contribution in [0.1, 0.15) is 50.9 Å². The Balaban J connectivity index is 1.50. The number of hydrogen-bond acceptors (Lipinski definition) is 4. The first-order valence-electron chi connectivity index (χ1n) is 11.2. The van der Waals surface area contributed by atoms with Crippen molar-refractivity contribution in [1.29, 1.82) is 0 Å². The molecule has 1 aliphatic rings. The monoisotopic (exact) mass is 463 g/mol. The first kappa shape index (κ1) is 23.3. The molecule has 0 radical (unpaired) electrons. The molecule has 5 nitrogen and oxygen atoms in total. The number of amides is 1. The normalized spacial score (nSPS) is 17.4. The van der Waals surface area contributed by atoms with Crippen LogP contribution in [0.2, 0.25) is 5.02 Å². The quantitative estimate of drug-likeness (QED) is 0.470. The number of rotatable bonds is 5. The van der Waals surface area contributed by atoms with Crippen LogP contribution in [0.4, 0.5) is 0 Å². The number of nitrogens with one attached hydrogen (secondary N) is 2. The molecule has 2 aromatic carbocycles. The number of piperidine rings is 1. The van der Waals surface area contributed by atoms with E-state index in [0.29, 0.717) is 22.1 Å². The number of pyridine rings is 1. The Morgan fingerprint density at radius 2 is 1.67 bits per heavy atom. The number of ether oxygens (including phenoxy) is 1. The lowest BCUT2D eigenvalue weighted by molar-refractivity contribution is 0.0873. The van der Waals surface area contributed by atoms with Gasteiger partial charge in [-0.1, -0.05) is 29.8 Å². The van der Waals surface area contributed by atoms with Crippen molar-refractivity contribution < 1.29 is 9.53 Å². The van der Waals surface area contributed by atoms with Crippen LogP contribution in [0.3, 0.4) is 0 Å². The van der Waals surface area contributed by atoms with Gasteiger partial charge >= 0.3 is 0 Å². The molecule has 1 fully saturated rings. The summed E-state index contributed by atoms with van der Waals surface area (Å²) in [6, 6.07) is 16.9. The Bertz CT molecular complexity index is 1130. The fraction of sp³-hybridized carbons (Fsp3) is 0.333. The van der Waals surface area contributed by atoms with Gasteiger partial charge in [0.2, 0.25) is 0 Å². The van der Waals surface area contributed by atoms with Gasteiger partial charge < -0.3 is 15.4 Å². The molecule has 0 unspecified atom stereocenters. The molecule has 33 heavy (non-hydrogen) atoms. The van der Waals surface area contributed by atoms with Gasteiger partial charge in [0, 0.05) is 40.6 Å². The molecule has 0 spiro atoms. The van der Waals surface area contributed by atoms with Gasteiger partial charge in [-0.05, 0) is 82.5 Å². The summed E-state index contributed by atoms with van der Waals surface area (Å²) in [6.07, 6.45) is 5.22. The van der Waals surface area contributed by atoms with E-state index in [0.717, 1.165) is 24.0 Å². The molecular formula is C27H30ClN3O2. The van der Waals surface area contributed by atoms with Crippen molar-refractivity contribution in [1.82, 2.24) is 15.6 Å². The number of nitrogens with zero attached hydrogens (tertiary/aromatic N) is 1. The summed E-state index contributed by atoms with van der Waals surface area (Å²) in [4.78, 5) is 17.0. The highest BCUT2D eigenvalue weighted by molar-refractivity contribution is 6.32. The average Bonchev–Trinajstić information content (AvgIpc) is 2.74. The maximum Gasteiger partial charge on any atom is 0.251 e. The Hall–Kier alpha value is -2.89. The topological polar surface area (TPSA) is 63.2 Å². The van der Waals surface area contributed by atoms with E-state index in [1.165, 1.54) is 0 Å². The standard InChI is InChI=1S/C27H30ClN3O2/c1-26(2)16-20(17-27(3,4)31-26)30-25(32)19-9-10-24(22(28)15-19)33-23-8-6-5-7-21(23)18-11-13-29-14-12-18/h5-15,20,31H,16-17H2,1-4H3,(H,30,32). The molecule has 0 saturated carbocycles. The van der Waals surface area contributed by atoms with E-state index < -0.39 is 0 Å². The van der Waals surface area contributed by atoms with Crippen molar-refractivity contribution in [3.05, 3.63) is 77.6 Å². The van der Waals surface area contributed by atoms with Crippen LogP contribution in [0.15, 0.2) is 67.0 Å². The number of halogens is 1. The highest BCUT2D eigenvalue weighted by Crippen LogP contribution is 2.36. The molecule has 0 bridgehead atoms. The van der Waals surface area contributed by atoms with Crippen LogP contribution < -0.4 is 15.4 Å². The maximum absolute atomic E-state index is 13.0. The second-order valence-corrected chi connectivity index (χ2v) is 10.4. The van der Waals surface area contributed by atoms with Crippen molar-refractivity contribution >= 4 is 17.5 Å². The lowest BCUT2D eigenvalue weighted by atomic mass is 9.79. The maximum atomic E-state index is 13.0. The van der Waals surface area contributed by atoms with Gasteiger partial charge in [-0.25, -0.2) is 0 Å². The van der Waals surface area contributed by atoms with Crippen LogP contribution in [-0.4, -0.2) is 28.0 Å². The van der Waals surface area contributed by atoms with Crippen molar-refractivity contribution in [2.45, 2.75) is 57.7 Å². The number of para-hydroxylation sites is 1. The Kier molecular flexibility index (Phi) is 6.46. The van der Waals surface area contributed by atoms with Gasteiger partial charge in [-0.3, -0.25) is 9.78 Å². The van der Waals surface area contributed by atoms with E-state index in [1.807, 2.05) is 36.4 Å². The Morgan fingerprint density at radius 3 is 2.33 bits per heavy atom. The molecule has 4 rings (SSSR count). The minimum absolute atomic E-state index is 0.0444. The zero-order chi connectivity index (χ0) is 23.6. The van der Waals surface area contributed by atoms with E-state index in [4.69, 9.17) is 16.3 Å². The fourth-order valence-electron chi connectivity index (χ4n) is 4.86. The van der Waals surface area contributed by atoms with Gasteiger partial charge in [0.25, 0.3) is 5.91 Å². The molecule has 1 aliphatic heterocycles. The molecule has 2 N–H and O–H groups in total. The Labute approximate surface area is 200 Å². The number of benzene rings is 2. The first-order chi connectivity index (χ1) is 15.6. The Morgan fingerprint density at radius 1 is 1.00 bits per heavy atom. The molecule has 172 valence electrons. The summed E-state index contributed by atoms with van der Waals surface area (Å²) in [5.41, 5.74) is 2.37. The zero-order valence-corrected chi connectivity index (χ0v) is 20.2. The lowest BCUT2D eigenvalue weighted by Gasteiger charge is -2.46. The van der Waals surface area contributed by atoms with E-state index in [2.05, 4.69) is 43.3 Å². The van der Waals surface area contributed by atoms with Gasteiger partial charge in [-0.2, -0.15) is 0 Å². The van der Waals surface area contributed by atoms with E-state index in [1.54, 1.807) is 30.6 Å². The number of carbonyl (C=O) groups excluding carboxylic acids is 1. The second-order valence-electron chi connectivity index (χ2n) is 9.95. The van der Waals surface area contributed by atoms with Crippen LogP contribution in [-0.2, 0) is 0 Å². The molecule has 1 amide bonds. The minimum Gasteiger partial charge on any atom is -0.455 e. The van der Waals surface area contributed by atoms with Gasteiger partial charge in [0.05, 0.1) is 5.02 Å². The lowest BCUT2D eigenvalue weighted by Crippen LogP contribution is -2.62.